The predicted molar refractivity (Wildman–Crippen MR) is 69.6 cm³/mol. The Morgan fingerprint density at radius 1 is 1.44 bits per heavy atom. The van der Waals surface area contributed by atoms with Gasteiger partial charge in [0.25, 0.3) is 0 Å². The first-order chi connectivity index (χ1) is 8.38. The molecule has 1 atom stereocenters. The summed E-state index contributed by atoms with van der Waals surface area (Å²) in [6, 6.07) is 1.62. The zero-order valence-corrected chi connectivity index (χ0v) is 11.2. The number of rotatable bonds is 5. The summed E-state index contributed by atoms with van der Waals surface area (Å²) in [5.41, 5.74) is -0.582. The molecule has 0 aliphatic heterocycles. The lowest BCUT2D eigenvalue weighted by Crippen LogP contribution is -2.32. The molecule has 0 saturated heterocycles. The molecular formula is C12H15F2NO2S. The van der Waals surface area contributed by atoms with Crippen LogP contribution >= 0.6 is 11.8 Å². The molecule has 0 bridgehead atoms. The Balaban J connectivity index is 3.13. The van der Waals surface area contributed by atoms with Crippen LogP contribution in [0.2, 0.25) is 0 Å². The van der Waals surface area contributed by atoms with Crippen molar-refractivity contribution < 1.29 is 18.7 Å². The van der Waals surface area contributed by atoms with Gasteiger partial charge in [-0.1, -0.05) is 0 Å². The molecule has 0 aliphatic rings. The number of carboxylic acids is 1. The van der Waals surface area contributed by atoms with Crippen molar-refractivity contribution in [3.05, 3.63) is 29.3 Å². The van der Waals surface area contributed by atoms with Crippen molar-refractivity contribution in [2.24, 2.45) is 0 Å². The number of hydrogen-bond donors (Lipinski definition) is 1. The van der Waals surface area contributed by atoms with Crippen molar-refractivity contribution in [1.29, 1.82) is 0 Å². The van der Waals surface area contributed by atoms with E-state index >= 15 is 0 Å². The van der Waals surface area contributed by atoms with E-state index in [9.17, 15) is 13.6 Å². The van der Waals surface area contributed by atoms with Gasteiger partial charge in [0.05, 0.1) is 5.56 Å². The van der Waals surface area contributed by atoms with E-state index in [0.29, 0.717) is 0 Å². The van der Waals surface area contributed by atoms with Crippen LogP contribution in [0.15, 0.2) is 12.1 Å². The third kappa shape index (κ3) is 3.13. The van der Waals surface area contributed by atoms with E-state index in [4.69, 9.17) is 5.11 Å². The summed E-state index contributed by atoms with van der Waals surface area (Å²) < 4.78 is 27.5. The first kappa shape index (κ1) is 14.8. The second kappa shape index (κ2) is 6.04. The maximum atomic E-state index is 13.8. The lowest BCUT2D eigenvalue weighted by atomic mass is 10.1. The minimum Gasteiger partial charge on any atom is -0.478 e. The van der Waals surface area contributed by atoms with Crippen molar-refractivity contribution in [3.8, 4) is 0 Å². The van der Waals surface area contributed by atoms with Crippen molar-refractivity contribution in [1.82, 2.24) is 0 Å². The second-order valence-electron chi connectivity index (χ2n) is 4.01. The summed E-state index contributed by atoms with van der Waals surface area (Å²) in [6.07, 6.45) is 1.91. The van der Waals surface area contributed by atoms with Crippen LogP contribution in [0.3, 0.4) is 0 Å². The molecule has 1 aromatic rings. The molecule has 100 valence electrons. The van der Waals surface area contributed by atoms with E-state index in [1.807, 2.05) is 13.2 Å². The quantitative estimate of drug-likeness (QED) is 0.897. The molecule has 0 radical (unpaired) electrons. The monoisotopic (exact) mass is 275 g/mol. The molecule has 0 aromatic heterocycles. The van der Waals surface area contributed by atoms with Gasteiger partial charge in [-0.05, 0) is 25.3 Å². The number of hydrogen-bond acceptors (Lipinski definition) is 3. The molecule has 0 amide bonds. The van der Waals surface area contributed by atoms with Crippen molar-refractivity contribution in [2.45, 2.75) is 13.0 Å². The highest BCUT2D eigenvalue weighted by atomic mass is 32.2. The zero-order valence-electron chi connectivity index (χ0n) is 10.4. The second-order valence-corrected chi connectivity index (χ2v) is 4.92. The molecule has 0 fully saturated rings. The fourth-order valence-corrected chi connectivity index (χ4v) is 2.31. The van der Waals surface area contributed by atoms with Gasteiger partial charge in [0.15, 0.2) is 0 Å². The van der Waals surface area contributed by atoms with E-state index in [2.05, 4.69) is 0 Å². The van der Waals surface area contributed by atoms with Gasteiger partial charge >= 0.3 is 5.97 Å². The van der Waals surface area contributed by atoms with E-state index in [1.54, 1.807) is 18.8 Å². The Morgan fingerprint density at radius 2 is 1.94 bits per heavy atom. The average Bonchev–Trinajstić information content (AvgIpc) is 2.27. The Morgan fingerprint density at radius 3 is 2.33 bits per heavy atom. The number of carboxylic acid groups (broad SMARTS) is 1. The fraction of sp³-hybridized carbons (Fsp3) is 0.417. The number of benzene rings is 1. The van der Waals surface area contributed by atoms with E-state index in [1.165, 1.54) is 4.90 Å². The van der Waals surface area contributed by atoms with E-state index in [0.717, 1.165) is 17.9 Å². The minimum absolute atomic E-state index is 0.0559. The maximum absolute atomic E-state index is 13.8. The molecule has 0 spiro atoms. The Labute approximate surface area is 109 Å². The Kier molecular flexibility index (Phi) is 4.95. The van der Waals surface area contributed by atoms with Crippen LogP contribution in [0.25, 0.3) is 0 Å². The van der Waals surface area contributed by atoms with Crippen LogP contribution in [0.1, 0.15) is 17.3 Å². The number of halogens is 2. The third-order valence-corrected chi connectivity index (χ3v) is 3.50. The molecule has 6 heteroatoms. The van der Waals surface area contributed by atoms with Gasteiger partial charge in [0, 0.05) is 18.8 Å². The molecule has 0 saturated carbocycles. The Bertz CT molecular complexity index is 431. The first-order valence-corrected chi connectivity index (χ1v) is 6.72. The van der Waals surface area contributed by atoms with Crippen LogP contribution in [-0.4, -0.2) is 36.2 Å². The summed E-state index contributed by atoms with van der Waals surface area (Å²) in [5, 5.41) is 8.71. The van der Waals surface area contributed by atoms with Crippen LogP contribution < -0.4 is 4.90 Å². The number of carbonyl (C=O) groups is 1. The van der Waals surface area contributed by atoms with E-state index < -0.39 is 17.6 Å². The highest BCUT2D eigenvalue weighted by Crippen LogP contribution is 2.26. The summed E-state index contributed by atoms with van der Waals surface area (Å²) in [6.45, 7) is 1.85. The molecule has 0 aliphatic carbocycles. The smallest absolute Gasteiger partial charge is 0.335 e. The van der Waals surface area contributed by atoms with Gasteiger partial charge in [0.2, 0.25) is 0 Å². The highest BCUT2D eigenvalue weighted by molar-refractivity contribution is 7.98. The third-order valence-electron chi connectivity index (χ3n) is 2.69. The lowest BCUT2D eigenvalue weighted by molar-refractivity contribution is 0.0696. The number of thioether (sulfide) groups is 1. The minimum atomic E-state index is -1.35. The van der Waals surface area contributed by atoms with Crippen LogP contribution in [0.5, 0.6) is 0 Å². The molecule has 1 rings (SSSR count). The van der Waals surface area contributed by atoms with Gasteiger partial charge in [-0.2, -0.15) is 11.8 Å². The molecular weight excluding hydrogens is 260 g/mol. The van der Waals surface area contributed by atoms with Crippen molar-refractivity contribution in [2.75, 3.05) is 24.0 Å². The molecule has 1 aromatic carbocycles. The van der Waals surface area contributed by atoms with Crippen LogP contribution in [0, 0.1) is 11.6 Å². The van der Waals surface area contributed by atoms with Gasteiger partial charge < -0.3 is 10.0 Å². The maximum Gasteiger partial charge on any atom is 0.335 e. The topological polar surface area (TPSA) is 40.5 Å². The van der Waals surface area contributed by atoms with Crippen LogP contribution in [-0.2, 0) is 0 Å². The number of nitrogens with zero attached hydrogens (tertiary/aromatic N) is 1. The first-order valence-electron chi connectivity index (χ1n) is 5.32. The molecule has 3 nitrogen and oxygen atoms in total. The summed E-state index contributed by atoms with van der Waals surface area (Å²) in [5.74, 6) is -2.35. The Hall–Kier alpha value is -1.30. The predicted octanol–water partition coefficient (Wildman–Crippen LogP) is 2.85. The summed E-state index contributed by atoms with van der Waals surface area (Å²) in [7, 11) is 1.59. The largest absolute Gasteiger partial charge is 0.478 e. The number of anilines is 1. The summed E-state index contributed by atoms with van der Waals surface area (Å²) in [4.78, 5) is 12.2. The standard InChI is InChI=1S/C12H15F2NO2S/c1-7(6-18-3)15(2)11-9(13)4-8(12(16)17)5-10(11)14/h4-5,7H,6H2,1-3H3,(H,16,17). The molecule has 0 heterocycles. The lowest BCUT2D eigenvalue weighted by Gasteiger charge is -2.27. The SMILES string of the molecule is CSCC(C)N(C)c1c(F)cc(C(=O)O)cc1F. The molecule has 18 heavy (non-hydrogen) atoms. The van der Waals surface area contributed by atoms with Gasteiger partial charge in [-0.25, -0.2) is 13.6 Å². The molecule has 1 unspecified atom stereocenters. The highest BCUT2D eigenvalue weighted by Gasteiger charge is 2.20. The number of aromatic carboxylic acids is 1. The van der Waals surface area contributed by atoms with Crippen LogP contribution in [0.4, 0.5) is 14.5 Å². The van der Waals surface area contributed by atoms with Gasteiger partial charge in [-0.3, -0.25) is 0 Å². The van der Waals surface area contributed by atoms with Crippen molar-refractivity contribution in [3.63, 3.8) is 0 Å². The molecule has 1 N–H and O–H groups in total. The fourth-order valence-electron chi connectivity index (χ4n) is 1.60. The normalized spacial score (nSPS) is 12.3. The van der Waals surface area contributed by atoms with Gasteiger partial charge in [-0.15, -0.1) is 0 Å². The van der Waals surface area contributed by atoms with Gasteiger partial charge in [0.1, 0.15) is 17.3 Å². The zero-order chi connectivity index (χ0) is 13.9. The van der Waals surface area contributed by atoms with E-state index in [-0.39, 0.29) is 17.3 Å². The average molecular weight is 275 g/mol. The van der Waals surface area contributed by atoms with Crippen molar-refractivity contribution >= 4 is 23.4 Å². The summed E-state index contributed by atoms with van der Waals surface area (Å²) >= 11 is 1.57.